The van der Waals surface area contributed by atoms with Crippen molar-refractivity contribution in [2.75, 3.05) is 11.4 Å². The third-order valence-corrected chi connectivity index (χ3v) is 5.21. The van der Waals surface area contributed by atoms with Crippen LogP contribution in [0.15, 0.2) is 65.6 Å². The lowest BCUT2D eigenvalue weighted by atomic mass is 10.1. The highest BCUT2D eigenvalue weighted by molar-refractivity contribution is 7.90. The number of rotatable bonds is 4. The van der Waals surface area contributed by atoms with E-state index in [2.05, 4.69) is 4.72 Å². The van der Waals surface area contributed by atoms with Gasteiger partial charge in [-0.3, -0.25) is 9.59 Å². The first-order valence-corrected chi connectivity index (χ1v) is 8.93. The number of sulfonamides is 1. The van der Waals surface area contributed by atoms with E-state index in [9.17, 15) is 18.0 Å². The molecule has 3 rings (SSSR count). The van der Waals surface area contributed by atoms with E-state index in [4.69, 9.17) is 0 Å². The molecule has 2 aromatic carbocycles. The van der Waals surface area contributed by atoms with Crippen LogP contribution < -0.4 is 9.62 Å². The van der Waals surface area contributed by atoms with Crippen molar-refractivity contribution in [3.05, 3.63) is 60.7 Å². The van der Waals surface area contributed by atoms with Gasteiger partial charge in [0, 0.05) is 18.7 Å². The Morgan fingerprint density at radius 1 is 1.00 bits per heavy atom. The maximum atomic E-state index is 12.3. The number of amides is 2. The number of para-hydroxylation sites is 1. The fourth-order valence-corrected chi connectivity index (χ4v) is 3.68. The second-order valence-electron chi connectivity index (χ2n) is 5.52. The molecular formula is C17H16N2O4S. The Labute approximate surface area is 140 Å². The van der Waals surface area contributed by atoms with Gasteiger partial charge < -0.3 is 4.90 Å². The molecule has 1 fully saturated rings. The number of nitrogens with one attached hydrogen (secondary N) is 1. The molecule has 0 spiro atoms. The predicted molar refractivity (Wildman–Crippen MR) is 88.7 cm³/mol. The van der Waals surface area contributed by atoms with Crippen molar-refractivity contribution in [1.82, 2.24) is 4.72 Å². The zero-order chi connectivity index (χ0) is 17.2. The van der Waals surface area contributed by atoms with Crippen molar-refractivity contribution in [1.29, 1.82) is 0 Å². The highest BCUT2D eigenvalue weighted by Gasteiger charge is 2.36. The van der Waals surface area contributed by atoms with Gasteiger partial charge >= 0.3 is 0 Å². The SMILES string of the molecule is O=C(NS(=O)(=O)c1ccccc1)[C@@H]1CC(=O)N(c2ccccc2)C1. The summed E-state index contributed by atoms with van der Waals surface area (Å²) in [5.74, 6) is -1.56. The van der Waals surface area contributed by atoms with Crippen molar-refractivity contribution >= 4 is 27.5 Å². The maximum absolute atomic E-state index is 12.3. The largest absolute Gasteiger partial charge is 0.312 e. The van der Waals surface area contributed by atoms with Crippen LogP contribution in [0.25, 0.3) is 0 Å². The number of hydrogen-bond donors (Lipinski definition) is 1. The second kappa shape index (κ2) is 6.45. The standard InChI is InChI=1S/C17H16N2O4S/c20-16-11-13(12-19(16)14-7-3-1-4-8-14)17(21)18-24(22,23)15-9-5-2-6-10-15/h1-10,13H,11-12H2,(H,18,21)/t13-/m1/s1. The van der Waals surface area contributed by atoms with Crippen molar-refractivity contribution < 1.29 is 18.0 Å². The Hall–Kier alpha value is -2.67. The van der Waals surface area contributed by atoms with Gasteiger partial charge in [0.25, 0.3) is 10.0 Å². The summed E-state index contributed by atoms with van der Waals surface area (Å²) in [6.07, 6.45) is -0.00889. The molecule has 0 bridgehead atoms. The molecule has 24 heavy (non-hydrogen) atoms. The van der Waals surface area contributed by atoms with Gasteiger partial charge in [-0.15, -0.1) is 0 Å². The number of hydrogen-bond acceptors (Lipinski definition) is 4. The quantitative estimate of drug-likeness (QED) is 0.912. The smallest absolute Gasteiger partial charge is 0.264 e. The van der Waals surface area contributed by atoms with Crippen LogP contribution >= 0.6 is 0 Å². The molecule has 0 saturated carbocycles. The van der Waals surface area contributed by atoms with Crippen LogP contribution in [-0.4, -0.2) is 26.8 Å². The van der Waals surface area contributed by atoms with Gasteiger partial charge in [0.05, 0.1) is 10.8 Å². The molecule has 2 aromatic rings. The predicted octanol–water partition coefficient (Wildman–Crippen LogP) is 1.54. The minimum absolute atomic E-state index is 0.00889. The minimum atomic E-state index is -3.93. The summed E-state index contributed by atoms with van der Waals surface area (Å²) in [6, 6.07) is 16.7. The lowest BCUT2D eigenvalue weighted by Gasteiger charge is -2.16. The van der Waals surface area contributed by atoms with E-state index in [0.717, 1.165) is 0 Å². The van der Waals surface area contributed by atoms with E-state index >= 15 is 0 Å². The number of nitrogens with zero attached hydrogens (tertiary/aromatic N) is 1. The summed E-state index contributed by atoms with van der Waals surface area (Å²) in [7, 11) is -3.93. The van der Waals surface area contributed by atoms with Gasteiger partial charge in [0.1, 0.15) is 0 Å². The van der Waals surface area contributed by atoms with Crippen molar-refractivity contribution in [3.8, 4) is 0 Å². The zero-order valence-electron chi connectivity index (χ0n) is 12.8. The normalized spacial score (nSPS) is 17.8. The first-order valence-electron chi connectivity index (χ1n) is 7.44. The lowest BCUT2D eigenvalue weighted by molar-refractivity contribution is -0.124. The number of carbonyl (C=O) groups excluding carboxylic acids is 2. The van der Waals surface area contributed by atoms with E-state index < -0.39 is 21.8 Å². The van der Waals surface area contributed by atoms with Crippen molar-refractivity contribution in [3.63, 3.8) is 0 Å². The molecule has 2 amide bonds. The Bertz CT molecular complexity index is 851. The fourth-order valence-electron chi connectivity index (χ4n) is 2.62. The van der Waals surface area contributed by atoms with Gasteiger partial charge in [-0.1, -0.05) is 36.4 Å². The third kappa shape index (κ3) is 3.30. The summed E-state index contributed by atoms with van der Waals surface area (Å²) in [5, 5.41) is 0. The Balaban J connectivity index is 1.72. The van der Waals surface area contributed by atoms with Crippen LogP contribution in [0.5, 0.6) is 0 Å². The van der Waals surface area contributed by atoms with Gasteiger partial charge in [-0.2, -0.15) is 0 Å². The molecular weight excluding hydrogens is 328 g/mol. The highest BCUT2D eigenvalue weighted by atomic mass is 32.2. The van der Waals surface area contributed by atoms with Gasteiger partial charge in [-0.25, -0.2) is 13.1 Å². The summed E-state index contributed by atoms with van der Waals surface area (Å²) < 4.78 is 26.5. The first-order chi connectivity index (χ1) is 11.5. The maximum Gasteiger partial charge on any atom is 0.264 e. The second-order valence-corrected chi connectivity index (χ2v) is 7.21. The lowest BCUT2D eigenvalue weighted by Crippen LogP contribution is -2.37. The van der Waals surface area contributed by atoms with Crippen LogP contribution in [-0.2, 0) is 19.6 Å². The Kier molecular flexibility index (Phi) is 4.35. The number of benzene rings is 2. The molecule has 0 aliphatic carbocycles. The molecule has 1 atom stereocenters. The molecule has 1 heterocycles. The summed E-state index contributed by atoms with van der Waals surface area (Å²) in [4.78, 5) is 25.9. The van der Waals surface area contributed by atoms with Crippen LogP contribution in [0.2, 0.25) is 0 Å². The molecule has 0 unspecified atom stereocenters. The monoisotopic (exact) mass is 344 g/mol. The topological polar surface area (TPSA) is 83.5 Å². The summed E-state index contributed by atoms with van der Waals surface area (Å²) in [5.41, 5.74) is 0.698. The summed E-state index contributed by atoms with van der Waals surface area (Å²) in [6.45, 7) is 0.166. The van der Waals surface area contributed by atoms with Gasteiger partial charge in [-0.05, 0) is 24.3 Å². The average molecular weight is 344 g/mol. The Morgan fingerprint density at radius 3 is 2.21 bits per heavy atom. The van der Waals surface area contributed by atoms with Crippen molar-refractivity contribution in [2.45, 2.75) is 11.3 Å². The van der Waals surface area contributed by atoms with Gasteiger partial charge in [0.2, 0.25) is 11.8 Å². The van der Waals surface area contributed by atoms with Gasteiger partial charge in [0.15, 0.2) is 0 Å². The first kappa shape index (κ1) is 16.2. The summed E-state index contributed by atoms with van der Waals surface area (Å²) >= 11 is 0. The van der Waals surface area contributed by atoms with E-state index in [-0.39, 0.29) is 23.8 Å². The van der Waals surface area contributed by atoms with E-state index in [1.807, 2.05) is 6.07 Å². The minimum Gasteiger partial charge on any atom is -0.312 e. The van der Waals surface area contributed by atoms with Crippen LogP contribution in [0, 0.1) is 5.92 Å². The number of carbonyl (C=O) groups is 2. The Morgan fingerprint density at radius 2 is 1.58 bits per heavy atom. The molecule has 1 saturated heterocycles. The molecule has 1 aliphatic heterocycles. The molecule has 1 N–H and O–H groups in total. The van der Waals surface area contributed by atoms with E-state index in [1.165, 1.54) is 17.0 Å². The fraction of sp³-hybridized carbons (Fsp3) is 0.176. The zero-order valence-corrected chi connectivity index (χ0v) is 13.6. The molecule has 0 aromatic heterocycles. The molecule has 0 radical (unpaired) electrons. The van der Waals surface area contributed by atoms with Crippen LogP contribution in [0.1, 0.15) is 6.42 Å². The molecule has 7 heteroatoms. The third-order valence-electron chi connectivity index (χ3n) is 3.85. The van der Waals surface area contributed by atoms with Crippen molar-refractivity contribution in [2.24, 2.45) is 5.92 Å². The molecule has 6 nitrogen and oxygen atoms in total. The van der Waals surface area contributed by atoms with E-state index in [0.29, 0.717) is 5.69 Å². The highest BCUT2D eigenvalue weighted by Crippen LogP contribution is 2.25. The van der Waals surface area contributed by atoms with E-state index in [1.54, 1.807) is 42.5 Å². The molecule has 124 valence electrons. The number of anilines is 1. The van der Waals surface area contributed by atoms with Crippen LogP contribution in [0.4, 0.5) is 5.69 Å². The van der Waals surface area contributed by atoms with Crippen LogP contribution in [0.3, 0.4) is 0 Å². The molecule has 1 aliphatic rings. The average Bonchev–Trinajstić information content (AvgIpc) is 2.98.